The zero-order valence-corrected chi connectivity index (χ0v) is 13.0. The molecule has 4 aliphatic rings. The molecule has 0 spiro atoms. The minimum absolute atomic E-state index is 0.0962. The van der Waals surface area contributed by atoms with E-state index in [0.717, 1.165) is 5.57 Å². The summed E-state index contributed by atoms with van der Waals surface area (Å²) in [5.74, 6) is -1.62. The van der Waals surface area contributed by atoms with Crippen molar-refractivity contribution in [1.82, 2.24) is 4.90 Å². The molecule has 8 nitrogen and oxygen atoms in total. The number of hydrogen-bond donors (Lipinski definition) is 1. The number of ether oxygens (including phenoxy) is 1. The number of carbonyl (C=O) groups is 2. The number of nitrogens with zero attached hydrogens (tertiary/aromatic N) is 2. The fraction of sp³-hybridized carbons (Fsp3) is 0.333. The standard InChI is InChI=1S/C15H11ClN2O6/c16-10-2-1-6-4-17-5-9(20)14(21)11-12(17)7(15(6)24-10)3-8(19)13(11)18(22)23/h2,13,21H,1,3-5H2. The van der Waals surface area contributed by atoms with Crippen molar-refractivity contribution in [3.05, 3.63) is 55.3 Å². The topological polar surface area (TPSA) is 110 Å². The molecule has 3 heterocycles. The summed E-state index contributed by atoms with van der Waals surface area (Å²) >= 11 is 5.92. The van der Waals surface area contributed by atoms with Gasteiger partial charge in [-0.25, -0.2) is 0 Å². The minimum atomic E-state index is -1.74. The average Bonchev–Trinajstić information content (AvgIpc) is 2.52. The Balaban J connectivity index is 1.96. The molecule has 0 aromatic carbocycles. The van der Waals surface area contributed by atoms with Crippen LogP contribution in [0, 0.1) is 10.1 Å². The second-order valence-electron chi connectivity index (χ2n) is 5.95. The molecule has 0 aromatic rings. The highest BCUT2D eigenvalue weighted by Gasteiger charge is 2.51. The third kappa shape index (κ3) is 1.92. The van der Waals surface area contributed by atoms with Crippen LogP contribution >= 0.6 is 11.6 Å². The number of ketones is 2. The van der Waals surface area contributed by atoms with Gasteiger partial charge in [0.25, 0.3) is 0 Å². The monoisotopic (exact) mass is 350 g/mol. The molecule has 0 saturated heterocycles. The summed E-state index contributed by atoms with van der Waals surface area (Å²) in [4.78, 5) is 36.6. The maximum absolute atomic E-state index is 12.3. The fourth-order valence-electron chi connectivity index (χ4n) is 3.58. The van der Waals surface area contributed by atoms with Crippen molar-refractivity contribution in [2.75, 3.05) is 13.1 Å². The first-order valence-corrected chi connectivity index (χ1v) is 7.63. The summed E-state index contributed by atoms with van der Waals surface area (Å²) < 4.78 is 5.54. The van der Waals surface area contributed by atoms with E-state index < -0.39 is 28.3 Å². The Bertz CT molecular complexity index is 850. The minimum Gasteiger partial charge on any atom is -0.504 e. The van der Waals surface area contributed by atoms with E-state index in [1.54, 1.807) is 11.0 Å². The first kappa shape index (κ1) is 14.9. The Morgan fingerprint density at radius 1 is 1.38 bits per heavy atom. The second-order valence-corrected chi connectivity index (χ2v) is 6.32. The highest BCUT2D eigenvalue weighted by atomic mass is 35.5. The number of halogens is 1. The molecule has 0 saturated carbocycles. The highest BCUT2D eigenvalue weighted by molar-refractivity contribution is 6.28. The number of allylic oxidation sites excluding steroid dienone is 2. The van der Waals surface area contributed by atoms with Crippen LogP contribution in [0.25, 0.3) is 0 Å². The van der Waals surface area contributed by atoms with Gasteiger partial charge in [-0.15, -0.1) is 0 Å². The second kappa shape index (κ2) is 4.94. The summed E-state index contributed by atoms with van der Waals surface area (Å²) in [6.07, 6.45) is 1.98. The van der Waals surface area contributed by atoms with E-state index in [1.165, 1.54) is 0 Å². The molecule has 124 valence electrons. The van der Waals surface area contributed by atoms with E-state index in [2.05, 4.69) is 0 Å². The predicted molar refractivity (Wildman–Crippen MR) is 80.3 cm³/mol. The third-order valence-electron chi connectivity index (χ3n) is 4.54. The highest BCUT2D eigenvalue weighted by Crippen LogP contribution is 2.45. The third-order valence-corrected chi connectivity index (χ3v) is 4.77. The van der Waals surface area contributed by atoms with Gasteiger partial charge >= 0.3 is 6.04 Å². The number of aliphatic hydroxyl groups excluding tert-OH is 1. The maximum atomic E-state index is 12.3. The van der Waals surface area contributed by atoms with Crippen LogP contribution in [0.3, 0.4) is 0 Å². The van der Waals surface area contributed by atoms with Gasteiger partial charge in [0, 0.05) is 23.5 Å². The SMILES string of the molecule is O=C1CN2CC3=C(OC(Cl)=CC3)C3=C2C(=C1O)C([N+](=O)[O-])C(=O)C3. The Labute approximate surface area is 140 Å². The van der Waals surface area contributed by atoms with Gasteiger partial charge in [0.1, 0.15) is 11.3 Å². The quantitative estimate of drug-likeness (QED) is 0.561. The molecule has 1 unspecified atom stereocenters. The molecular weight excluding hydrogens is 340 g/mol. The van der Waals surface area contributed by atoms with Crippen LogP contribution in [0.2, 0.25) is 0 Å². The molecule has 4 rings (SSSR count). The summed E-state index contributed by atoms with van der Waals surface area (Å²) in [5, 5.41) is 21.6. The molecule has 0 fully saturated rings. The van der Waals surface area contributed by atoms with Gasteiger partial charge in [0.05, 0.1) is 12.2 Å². The van der Waals surface area contributed by atoms with Crippen molar-refractivity contribution in [1.29, 1.82) is 0 Å². The number of fused-ring (bicyclic) bond motifs is 1. The van der Waals surface area contributed by atoms with E-state index in [4.69, 9.17) is 16.3 Å². The lowest BCUT2D eigenvalue weighted by Gasteiger charge is -2.41. The lowest BCUT2D eigenvalue weighted by molar-refractivity contribution is -0.498. The van der Waals surface area contributed by atoms with Gasteiger partial charge in [0.2, 0.25) is 11.6 Å². The van der Waals surface area contributed by atoms with Gasteiger partial charge in [-0.2, -0.15) is 0 Å². The zero-order valence-electron chi connectivity index (χ0n) is 12.2. The summed E-state index contributed by atoms with van der Waals surface area (Å²) in [6.45, 7) is 0.233. The van der Waals surface area contributed by atoms with E-state index in [0.29, 0.717) is 30.0 Å². The number of aliphatic hydroxyl groups is 1. The molecule has 1 atom stereocenters. The first-order chi connectivity index (χ1) is 11.4. The van der Waals surface area contributed by atoms with Gasteiger partial charge in [0.15, 0.2) is 11.0 Å². The predicted octanol–water partition coefficient (Wildman–Crippen LogP) is 1.32. The van der Waals surface area contributed by atoms with Crippen LogP contribution in [0.4, 0.5) is 0 Å². The van der Waals surface area contributed by atoms with Gasteiger partial charge < -0.3 is 14.7 Å². The van der Waals surface area contributed by atoms with Crippen LogP contribution < -0.4 is 0 Å². The Hall–Kier alpha value is -2.61. The molecule has 0 aromatic heterocycles. The summed E-state index contributed by atoms with van der Waals surface area (Å²) in [5.41, 5.74) is 1.40. The summed E-state index contributed by atoms with van der Waals surface area (Å²) in [7, 11) is 0. The van der Waals surface area contributed by atoms with Crippen molar-refractivity contribution in [3.8, 4) is 0 Å². The van der Waals surface area contributed by atoms with Gasteiger partial charge in [-0.05, 0) is 29.7 Å². The maximum Gasteiger partial charge on any atom is 0.301 e. The van der Waals surface area contributed by atoms with Crippen LogP contribution in [0.15, 0.2) is 45.2 Å². The Morgan fingerprint density at radius 2 is 2.12 bits per heavy atom. The van der Waals surface area contributed by atoms with Gasteiger partial charge in [-0.3, -0.25) is 19.7 Å². The number of Topliss-reactive ketones (excluding diaryl/α,β-unsaturated/α-hetero) is 2. The van der Waals surface area contributed by atoms with Crippen LogP contribution in [0.5, 0.6) is 0 Å². The molecule has 0 bridgehead atoms. The van der Waals surface area contributed by atoms with Crippen LogP contribution in [-0.2, 0) is 14.3 Å². The molecule has 0 radical (unpaired) electrons. The van der Waals surface area contributed by atoms with Crippen LogP contribution in [0.1, 0.15) is 12.8 Å². The van der Waals surface area contributed by atoms with Crippen molar-refractivity contribution < 1.29 is 24.4 Å². The van der Waals surface area contributed by atoms with E-state index in [9.17, 15) is 24.8 Å². The first-order valence-electron chi connectivity index (χ1n) is 7.25. The Morgan fingerprint density at radius 3 is 2.83 bits per heavy atom. The number of carbonyl (C=O) groups excluding carboxylic acids is 2. The van der Waals surface area contributed by atoms with Gasteiger partial charge in [-0.1, -0.05) is 0 Å². The lowest BCUT2D eigenvalue weighted by atomic mass is 9.79. The Kier molecular flexibility index (Phi) is 3.08. The average molecular weight is 351 g/mol. The van der Waals surface area contributed by atoms with E-state index in [1.807, 2.05) is 0 Å². The molecule has 3 aliphatic heterocycles. The summed E-state index contributed by atoms with van der Waals surface area (Å²) in [6, 6.07) is -1.74. The number of hydrogen-bond acceptors (Lipinski definition) is 7. The zero-order chi connectivity index (χ0) is 17.2. The molecule has 0 amide bonds. The van der Waals surface area contributed by atoms with E-state index >= 15 is 0 Å². The smallest absolute Gasteiger partial charge is 0.301 e. The van der Waals surface area contributed by atoms with Crippen LogP contribution in [-0.4, -0.2) is 45.6 Å². The molecule has 1 aliphatic carbocycles. The lowest BCUT2D eigenvalue weighted by Crippen LogP contribution is -2.49. The molecule has 24 heavy (non-hydrogen) atoms. The number of rotatable bonds is 1. The molecule has 1 N–H and O–H groups in total. The number of nitro groups is 1. The van der Waals surface area contributed by atoms with Crippen molar-refractivity contribution in [2.45, 2.75) is 18.9 Å². The largest absolute Gasteiger partial charge is 0.504 e. The van der Waals surface area contributed by atoms with Crippen molar-refractivity contribution in [3.63, 3.8) is 0 Å². The molecule has 9 heteroatoms. The van der Waals surface area contributed by atoms with E-state index in [-0.39, 0.29) is 23.8 Å². The molecular formula is C15H11ClN2O6. The van der Waals surface area contributed by atoms with Crippen molar-refractivity contribution >= 4 is 23.2 Å². The normalized spacial score (nSPS) is 26.1. The van der Waals surface area contributed by atoms with Crippen molar-refractivity contribution in [2.24, 2.45) is 0 Å². The fourth-order valence-corrected chi connectivity index (χ4v) is 3.74.